The van der Waals surface area contributed by atoms with Crippen molar-refractivity contribution in [2.45, 2.75) is 43.5 Å². The van der Waals surface area contributed by atoms with Crippen molar-refractivity contribution in [3.05, 3.63) is 24.4 Å². The van der Waals surface area contributed by atoms with Crippen LogP contribution >= 0.6 is 0 Å². The van der Waals surface area contributed by atoms with Crippen LogP contribution in [0.1, 0.15) is 32.6 Å². The summed E-state index contributed by atoms with van der Waals surface area (Å²) in [6, 6.07) is 1.85. The molecule has 0 amide bonds. The quantitative estimate of drug-likeness (QED) is 0.516. The molecule has 25 heavy (non-hydrogen) atoms. The molecule has 0 saturated carbocycles. The second-order valence-electron chi connectivity index (χ2n) is 6.12. The van der Waals surface area contributed by atoms with Gasteiger partial charge in [-0.15, -0.1) is 6.58 Å². The van der Waals surface area contributed by atoms with E-state index in [0.29, 0.717) is 12.8 Å². The first-order chi connectivity index (χ1) is 11.5. The number of hydroxylamine groups is 1. The highest BCUT2D eigenvalue weighted by Crippen LogP contribution is 2.43. The van der Waals surface area contributed by atoms with Gasteiger partial charge in [-0.3, -0.25) is 10.3 Å². The van der Waals surface area contributed by atoms with Crippen molar-refractivity contribution < 1.29 is 26.4 Å². The van der Waals surface area contributed by atoms with Gasteiger partial charge in [0.1, 0.15) is 0 Å². The third kappa shape index (κ3) is 4.76. The molecule has 0 aromatic rings. The summed E-state index contributed by atoms with van der Waals surface area (Å²) >= 11 is 0. The van der Waals surface area contributed by atoms with Crippen molar-refractivity contribution in [2.75, 3.05) is 12.9 Å². The van der Waals surface area contributed by atoms with Crippen LogP contribution in [0.15, 0.2) is 24.4 Å². The van der Waals surface area contributed by atoms with Crippen molar-refractivity contribution in [3.63, 3.8) is 0 Å². The van der Waals surface area contributed by atoms with Gasteiger partial charge in [-0.25, -0.2) is 8.42 Å². The van der Waals surface area contributed by atoms with Crippen LogP contribution in [-0.2, 0) is 14.7 Å². The zero-order valence-corrected chi connectivity index (χ0v) is 15.1. The summed E-state index contributed by atoms with van der Waals surface area (Å²) in [4.78, 5) is 4.80. The van der Waals surface area contributed by atoms with E-state index in [-0.39, 0.29) is 6.42 Å². The third-order valence-corrected chi connectivity index (χ3v) is 7.19. The Hall–Kier alpha value is -1.53. The Morgan fingerprint density at radius 3 is 2.60 bits per heavy atom. The van der Waals surface area contributed by atoms with E-state index in [1.54, 1.807) is 6.08 Å². The van der Waals surface area contributed by atoms with Crippen LogP contribution in [0.4, 0.5) is 13.2 Å². The Labute approximate surface area is 146 Å². The minimum atomic E-state index is -4.60. The maximum atomic E-state index is 12.8. The minimum Gasteiger partial charge on any atom is -0.280 e. The van der Waals surface area contributed by atoms with E-state index in [1.165, 1.54) is 20.1 Å². The molecule has 9 heteroatoms. The molecule has 0 aliphatic heterocycles. The lowest BCUT2D eigenvalue weighted by Gasteiger charge is -2.39. The lowest BCUT2D eigenvalue weighted by Crippen LogP contribution is -2.51. The van der Waals surface area contributed by atoms with Crippen LogP contribution in [-0.4, -0.2) is 32.2 Å². The molecule has 3 unspecified atom stereocenters. The van der Waals surface area contributed by atoms with E-state index in [0.717, 1.165) is 5.70 Å². The predicted octanol–water partition coefficient (Wildman–Crippen LogP) is 3.27. The van der Waals surface area contributed by atoms with Gasteiger partial charge in [0.25, 0.3) is 0 Å². The Morgan fingerprint density at radius 2 is 2.20 bits per heavy atom. The number of nitrogens with one attached hydrogen (secondary N) is 1. The van der Waals surface area contributed by atoms with Gasteiger partial charge in [0.2, 0.25) is 0 Å². The predicted molar refractivity (Wildman–Crippen MR) is 87.7 cm³/mol. The van der Waals surface area contributed by atoms with E-state index >= 15 is 0 Å². The summed E-state index contributed by atoms with van der Waals surface area (Å²) in [6.07, 6.45) is -1.99. The van der Waals surface area contributed by atoms with Crippen molar-refractivity contribution in [2.24, 2.45) is 11.8 Å². The highest BCUT2D eigenvalue weighted by molar-refractivity contribution is 7.93. The summed E-state index contributed by atoms with van der Waals surface area (Å²) in [5.74, 6) is -2.52. The molecular weight excluding hydrogens is 357 g/mol. The summed E-state index contributed by atoms with van der Waals surface area (Å²) in [5, 5.41) is 9.75. The molecule has 1 aliphatic rings. The van der Waals surface area contributed by atoms with E-state index in [2.05, 4.69) is 12.1 Å². The number of alkyl halides is 3. The van der Waals surface area contributed by atoms with Gasteiger partial charge in [-0.2, -0.15) is 18.4 Å². The lowest BCUT2D eigenvalue weighted by atomic mass is 9.76. The van der Waals surface area contributed by atoms with E-state index < -0.39 is 44.8 Å². The Kier molecular flexibility index (Phi) is 7.08. The van der Waals surface area contributed by atoms with Gasteiger partial charge in [0, 0.05) is 11.6 Å². The molecule has 0 saturated heterocycles. The Balaban J connectivity index is 3.24. The Bertz CT molecular complexity index is 653. The number of hydrogen-bond acceptors (Lipinski definition) is 5. The van der Waals surface area contributed by atoms with E-state index in [1.807, 2.05) is 6.07 Å². The van der Waals surface area contributed by atoms with Crippen molar-refractivity contribution in [1.29, 1.82) is 5.26 Å². The number of nitriles is 1. The molecule has 0 bridgehead atoms. The molecule has 142 valence electrons. The van der Waals surface area contributed by atoms with Crippen molar-refractivity contribution in [3.8, 4) is 6.07 Å². The van der Waals surface area contributed by atoms with Gasteiger partial charge < -0.3 is 0 Å². The summed E-state index contributed by atoms with van der Waals surface area (Å²) in [7, 11) is -2.90. The smallest absolute Gasteiger partial charge is 0.280 e. The molecule has 3 atom stereocenters. The van der Waals surface area contributed by atoms with Crippen LogP contribution < -0.4 is 5.48 Å². The van der Waals surface area contributed by atoms with Crippen molar-refractivity contribution >= 4 is 9.84 Å². The first kappa shape index (κ1) is 21.5. The van der Waals surface area contributed by atoms with Crippen molar-refractivity contribution in [1.82, 2.24) is 5.48 Å². The number of allylic oxidation sites excluding steroid dienone is 3. The van der Waals surface area contributed by atoms with Crippen LogP contribution in [0.25, 0.3) is 0 Å². The first-order valence-electron chi connectivity index (χ1n) is 7.85. The van der Waals surface area contributed by atoms with E-state index in [9.17, 15) is 26.9 Å². The van der Waals surface area contributed by atoms with Crippen LogP contribution in [0.3, 0.4) is 0 Å². The fourth-order valence-electron chi connectivity index (χ4n) is 3.21. The molecule has 1 rings (SSSR count). The zero-order valence-electron chi connectivity index (χ0n) is 14.3. The number of halogens is 3. The number of rotatable bonds is 8. The van der Waals surface area contributed by atoms with Gasteiger partial charge in [0.15, 0.2) is 14.6 Å². The van der Waals surface area contributed by atoms with Gasteiger partial charge in [0.05, 0.1) is 25.4 Å². The Morgan fingerprint density at radius 1 is 1.56 bits per heavy atom. The molecule has 1 N–H and O–H groups in total. The summed E-state index contributed by atoms with van der Waals surface area (Å²) < 4.78 is 61.3. The molecular formula is C16H23F3N2O3S. The van der Waals surface area contributed by atoms with Gasteiger partial charge in [-0.1, -0.05) is 19.1 Å². The monoisotopic (exact) mass is 380 g/mol. The molecule has 0 radical (unpaired) electrons. The van der Waals surface area contributed by atoms with E-state index in [4.69, 9.17) is 4.84 Å². The molecule has 0 aromatic carbocycles. The largest absolute Gasteiger partial charge is 0.390 e. The molecule has 0 heterocycles. The molecule has 0 aromatic heterocycles. The average Bonchev–Trinajstić information content (AvgIpc) is 2.55. The minimum absolute atomic E-state index is 0.253. The second kappa shape index (κ2) is 8.23. The standard InChI is InChI=1S/C16H23F3N2O3S/c1-4-12(2)15(11-20,25(22,23)10-9-16(17,18)19)13-5-7-14(8-6-13)21-24-3/h4,7,12-13,21H,1,5-6,8-10H2,2-3H3. The van der Waals surface area contributed by atoms with Gasteiger partial charge in [-0.05, 0) is 25.2 Å². The van der Waals surface area contributed by atoms with Crippen LogP contribution in [0.2, 0.25) is 0 Å². The van der Waals surface area contributed by atoms with Crippen LogP contribution in [0, 0.1) is 23.2 Å². The molecule has 0 spiro atoms. The maximum Gasteiger partial charge on any atom is 0.390 e. The zero-order chi connectivity index (χ0) is 19.3. The number of nitrogens with zero attached hydrogens (tertiary/aromatic N) is 1. The lowest BCUT2D eigenvalue weighted by molar-refractivity contribution is -0.130. The molecule has 1 aliphatic carbocycles. The SMILES string of the molecule is C=CC(C)C(C#N)(C1CC=C(NOC)CC1)S(=O)(=O)CCC(F)(F)F. The summed E-state index contributed by atoms with van der Waals surface area (Å²) in [6.45, 7) is 5.06. The first-order valence-corrected chi connectivity index (χ1v) is 9.50. The maximum absolute atomic E-state index is 12.8. The fraction of sp³-hybridized carbons (Fsp3) is 0.688. The fourth-order valence-corrected chi connectivity index (χ4v) is 5.57. The molecule has 0 fully saturated rings. The number of sulfone groups is 1. The van der Waals surface area contributed by atoms with Crippen LogP contribution in [0.5, 0.6) is 0 Å². The second-order valence-corrected chi connectivity index (χ2v) is 8.43. The number of hydrogen-bond donors (Lipinski definition) is 1. The third-order valence-electron chi connectivity index (χ3n) is 4.62. The highest BCUT2D eigenvalue weighted by Gasteiger charge is 2.54. The highest BCUT2D eigenvalue weighted by atomic mass is 32.2. The molecule has 5 nitrogen and oxygen atoms in total. The topological polar surface area (TPSA) is 79.2 Å². The normalized spacial score (nSPS) is 22.2. The average molecular weight is 380 g/mol. The van der Waals surface area contributed by atoms with Gasteiger partial charge >= 0.3 is 6.18 Å². The summed E-state index contributed by atoms with van der Waals surface area (Å²) in [5.41, 5.74) is 3.42.